The first kappa shape index (κ1) is 10.1. The van der Waals surface area contributed by atoms with Crippen molar-refractivity contribution >= 4 is 11.6 Å². The van der Waals surface area contributed by atoms with E-state index in [9.17, 15) is 4.79 Å². The lowest BCUT2D eigenvalue weighted by Gasteiger charge is -2.09. The van der Waals surface area contributed by atoms with E-state index in [1.165, 1.54) is 6.92 Å². The van der Waals surface area contributed by atoms with Crippen LogP contribution in [0.15, 0.2) is 18.5 Å². The highest BCUT2D eigenvalue weighted by Gasteiger charge is 2.17. The number of carbonyl (C=O) groups excluding carboxylic acids is 1. The molecule has 15 heavy (non-hydrogen) atoms. The fourth-order valence-electron chi connectivity index (χ4n) is 1.55. The second kappa shape index (κ2) is 4.37. The maximum atomic E-state index is 10.9. The molecule has 1 amide bonds. The molecule has 1 aliphatic heterocycles. The van der Waals surface area contributed by atoms with Crippen molar-refractivity contribution in [3.05, 3.63) is 24.0 Å². The third kappa shape index (κ3) is 2.51. The minimum atomic E-state index is -0.0930. The summed E-state index contributed by atoms with van der Waals surface area (Å²) in [6.45, 7) is 2.18. The number of carbonyl (C=O) groups is 1. The van der Waals surface area contributed by atoms with Crippen LogP contribution in [0.4, 0.5) is 5.69 Å². The van der Waals surface area contributed by atoms with Crippen LogP contribution in [0.1, 0.15) is 24.9 Å². The average Bonchev–Trinajstić information content (AvgIpc) is 2.69. The molecule has 1 saturated heterocycles. The van der Waals surface area contributed by atoms with Gasteiger partial charge in [-0.25, -0.2) is 0 Å². The van der Waals surface area contributed by atoms with E-state index < -0.39 is 0 Å². The first-order valence-electron chi connectivity index (χ1n) is 4.85. The predicted molar refractivity (Wildman–Crippen MR) is 55.0 cm³/mol. The molecule has 1 aliphatic rings. The van der Waals surface area contributed by atoms with Crippen LogP contribution in [0.3, 0.4) is 0 Å². The summed E-state index contributed by atoms with van der Waals surface area (Å²) in [5.41, 5.74) is 4.64. The van der Waals surface area contributed by atoms with Gasteiger partial charge in [-0.2, -0.15) is 5.48 Å². The molecule has 0 spiro atoms. The number of rotatable bonds is 2. The van der Waals surface area contributed by atoms with Gasteiger partial charge in [-0.05, 0) is 18.1 Å². The van der Waals surface area contributed by atoms with Gasteiger partial charge in [0.15, 0.2) is 0 Å². The van der Waals surface area contributed by atoms with E-state index in [1.807, 2.05) is 6.07 Å². The number of aromatic nitrogens is 1. The van der Waals surface area contributed by atoms with Crippen molar-refractivity contribution in [1.82, 2.24) is 10.5 Å². The van der Waals surface area contributed by atoms with Crippen molar-refractivity contribution in [2.45, 2.75) is 19.4 Å². The van der Waals surface area contributed by atoms with Crippen molar-refractivity contribution in [1.29, 1.82) is 0 Å². The van der Waals surface area contributed by atoms with Crippen LogP contribution in [0.25, 0.3) is 0 Å². The van der Waals surface area contributed by atoms with Crippen LogP contribution < -0.4 is 10.8 Å². The summed E-state index contributed by atoms with van der Waals surface area (Å²) in [4.78, 5) is 20.0. The topological polar surface area (TPSA) is 63.2 Å². The second-order valence-corrected chi connectivity index (χ2v) is 3.50. The molecule has 0 aliphatic carbocycles. The number of nitrogens with zero attached hydrogens (tertiary/aromatic N) is 1. The molecule has 5 heteroatoms. The third-order valence-electron chi connectivity index (χ3n) is 2.22. The lowest BCUT2D eigenvalue weighted by molar-refractivity contribution is -0.114. The zero-order valence-electron chi connectivity index (χ0n) is 8.49. The molecule has 0 radical (unpaired) electrons. The summed E-state index contributed by atoms with van der Waals surface area (Å²) in [6, 6.07) is 2.08. The summed E-state index contributed by atoms with van der Waals surface area (Å²) in [7, 11) is 0. The smallest absolute Gasteiger partial charge is 0.221 e. The van der Waals surface area contributed by atoms with Gasteiger partial charge in [0.1, 0.15) is 0 Å². The molecule has 0 aromatic carbocycles. The normalized spacial score (nSPS) is 20.2. The summed E-state index contributed by atoms with van der Waals surface area (Å²) in [5, 5.41) is 2.70. The van der Waals surface area contributed by atoms with Crippen LogP contribution in [-0.4, -0.2) is 17.5 Å². The number of amides is 1. The molecule has 1 fully saturated rings. The van der Waals surface area contributed by atoms with Gasteiger partial charge in [-0.1, -0.05) is 0 Å². The molecule has 0 bridgehead atoms. The lowest BCUT2D eigenvalue weighted by Crippen LogP contribution is -2.13. The number of hydroxylamine groups is 1. The minimum absolute atomic E-state index is 0.0930. The highest BCUT2D eigenvalue weighted by atomic mass is 16.7. The Bertz CT molecular complexity index is 361. The number of nitrogens with one attached hydrogen (secondary N) is 2. The Morgan fingerprint density at radius 3 is 3.20 bits per heavy atom. The molecule has 2 N–H and O–H groups in total. The minimum Gasteiger partial charge on any atom is -0.325 e. The Morgan fingerprint density at radius 2 is 2.53 bits per heavy atom. The van der Waals surface area contributed by atoms with Crippen molar-refractivity contribution in [2.24, 2.45) is 0 Å². The van der Waals surface area contributed by atoms with E-state index in [4.69, 9.17) is 4.84 Å². The lowest BCUT2D eigenvalue weighted by atomic mass is 10.1. The molecular formula is C10H13N3O2. The van der Waals surface area contributed by atoms with Crippen molar-refractivity contribution in [2.75, 3.05) is 11.9 Å². The van der Waals surface area contributed by atoms with E-state index in [0.29, 0.717) is 12.3 Å². The highest BCUT2D eigenvalue weighted by molar-refractivity contribution is 5.88. The Morgan fingerprint density at radius 1 is 1.67 bits per heavy atom. The largest absolute Gasteiger partial charge is 0.325 e. The monoisotopic (exact) mass is 207 g/mol. The van der Waals surface area contributed by atoms with Gasteiger partial charge in [0, 0.05) is 13.1 Å². The van der Waals surface area contributed by atoms with Crippen molar-refractivity contribution in [3.63, 3.8) is 0 Å². The van der Waals surface area contributed by atoms with Crippen LogP contribution in [0, 0.1) is 0 Å². The van der Waals surface area contributed by atoms with Gasteiger partial charge in [0.2, 0.25) is 5.91 Å². The van der Waals surface area contributed by atoms with Gasteiger partial charge in [-0.3, -0.25) is 9.78 Å². The molecule has 2 rings (SSSR count). The van der Waals surface area contributed by atoms with E-state index in [0.717, 1.165) is 12.0 Å². The van der Waals surface area contributed by atoms with Crippen LogP contribution in [0.2, 0.25) is 0 Å². The van der Waals surface area contributed by atoms with Crippen LogP contribution in [0.5, 0.6) is 0 Å². The van der Waals surface area contributed by atoms with E-state index in [-0.39, 0.29) is 11.9 Å². The third-order valence-corrected chi connectivity index (χ3v) is 2.22. The van der Waals surface area contributed by atoms with Gasteiger partial charge >= 0.3 is 0 Å². The molecular weight excluding hydrogens is 194 g/mol. The van der Waals surface area contributed by atoms with Crippen molar-refractivity contribution in [3.8, 4) is 0 Å². The summed E-state index contributed by atoms with van der Waals surface area (Å²) < 4.78 is 0. The molecule has 5 nitrogen and oxygen atoms in total. The van der Waals surface area contributed by atoms with Crippen LogP contribution >= 0.6 is 0 Å². The molecule has 1 atom stereocenters. The zero-order chi connectivity index (χ0) is 10.7. The Hall–Kier alpha value is -1.46. The Kier molecular flexibility index (Phi) is 2.94. The van der Waals surface area contributed by atoms with Gasteiger partial charge in [0.05, 0.1) is 24.5 Å². The Balaban J connectivity index is 2.14. The highest BCUT2D eigenvalue weighted by Crippen LogP contribution is 2.22. The standard InChI is InChI=1S/C10H13N3O2/c1-7(14)12-9-4-8(5-11-6-9)10-2-3-15-13-10/h4-6,10,13H,2-3H2,1H3,(H,12,14)/t10-/m0/s1. The van der Waals surface area contributed by atoms with Gasteiger partial charge in [0.25, 0.3) is 0 Å². The second-order valence-electron chi connectivity index (χ2n) is 3.50. The quantitative estimate of drug-likeness (QED) is 0.759. The van der Waals surface area contributed by atoms with Gasteiger partial charge in [-0.15, -0.1) is 0 Å². The maximum absolute atomic E-state index is 10.9. The maximum Gasteiger partial charge on any atom is 0.221 e. The SMILES string of the molecule is CC(=O)Nc1cncc([C@@H]2CCON2)c1. The Labute approximate surface area is 87.8 Å². The fraction of sp³-hybridized carbons (Fsp3) is 0.400. The van der Waals surface area contributed by atoms with Crippen LogP contribution in [-0.2, 0) is 9.63 Å². The van der Waals surface area contributed by atoms with E-state index >= 15 is 0 Å². The fourth-order valence-corrected chi connectivity index (χ4v) is 1.55. The molecule has 1 aromatic heterocycles. The first-order chi connectivity index (χ1) is 7.25. The van der Waals surface area contributed by atoms with E-state index in [1.54, 1.807) is 12.4 Å². The number of anilines is 1. The number of hydrogen-bond donors (Lipinski definition) is 2. The average molecular weight is 207 g/mol. The molecule has 0 saturated carbocycles. The summed E-state index contributed by atoms with van der Waals surface area (Å²) in [6.07, 6.45) is 4.32. The molecule has 1 aromatic rings. The van der Waals surface area contributed by atoms with Gasteiger partial charge < -0.3 is 10.2 Å². The molecule has 2 heterocycles. The molecule has 0 unspecified atom stereocenters. The van der Waals surface area contributed by atoms with Crippen molar-refractivity contribution < 1.29 is 9.63 Å². The summed E-state index contributed by atoms with van der Waals surface area (Å²) >= 11 is 0. The predicted octanol–water partition coefficient (Wildman–Crippen LogP) is 1.01. The number of pyridine rings is 1. The van der Waals surface area contributed by atoms with E-state index in [2.05, 4.69) is 15.8 Å². The zero-order valence-corrected chi connectivity index (χ0v) is 8.49. The number of hydrogen-bond acceptors (Lipinski definition) is 4. The first-order valence-corrected chi connectivity index (χ1v) is 4.85. The summed E-state index contributed by atoms with van der Waals surface area (Å²) in [5.74, 6) is -0.0930. The molecule has 80 valence electrons.